The number of hydrogen-bond donors (Lipinski definition) is 0. The largest absolute Gasteiger partial charge is 0.438 e. The standard InChI is InChI=1S/C48H64O4P2/c1-29-19-33-27-34-20-30(2)24-38(46(8,9)10)42(34)50-53(49-41(33)37(23-29)45(5,6)7)17-18-54-51-43-35(21-31(3)25-39(43)47(11,12)13)28-36-22-32(4)26-40(44(36)52-54)48(14,15)16/h19-26H,17-18,27-28H2,1-16H3. The Balaban J connectivity index is 1.49. The molecule has 2 aliphatic heterocycles. The molecular weight excluding hydrogens is 702 g/mol. The second-order valence-corrected chi connectivity index (χ2v) is 23.0. The van der Waals surface area contributed by atoms with Gasteiger partial charge in [0.05, 0.1) is 12.3 Å². The van der Waals surface area contributed by atoms with Crippen LogP contribution in [0.1, 0.15) is 150 Å². The van der Waals surface area contributed by atoms with Crippen LogP contribution in [-0.4, -0.2) is 12.3 Å². The van der Waals surface area contributed by atoms with E-state index in [2.05, 4.69) is 159 Å². The third-order valence-electron chi connectivity index (χ3n) is 10.5. The van der Waals surface area contributed by atoms with Crippen LogP contribution in [0.3, 0.4) is 0 Å². The highest BCUT2D eigenvalue weighted by Gasteiger charge is 2.36. The van der Waals surface area contributed by atoms with E-state index in [9.17, 15) is 0 Å². The minimum Gasteiger partial charge on any atom is -0.438 e. The van der Waals surface area contributed by atoms with E-state index < -0.39 is 16.8 Å². The second kappa shape index (κ2) is 14.5. The molecule has 0 amide bonds. The molecule has 4 aromatic rings. The molecule has 2 heterocycles. The monoisotopic (exact) mass is 766 g/mol. The van der Waals surface area contributed by atoms with Crippen molar-refractivity contribution in [3.63, 3.8) is 0 Å². The van der Waals surface area contributed by atoms with Crippen molar-refractivity contribution in [1.29, 1.82) is 0 Å². The summed E-state index contributed by atoms with van der Waals surface area (Å²) in [4.78, 5) is 0. The highest BCUT2D eigenvalue weighted by molar-refractivity contribution is 7.52. The summed E-state index contributed by atoms with van der Waals surface area (Å²) in [5.41, 5.74) is 14.4. The Hall–Kier alpha value is -3.06. The Kier molecular flexibility index (Phi) is 10.9. The molecule has 0 radical (unpaired) electrons. The lowest BCUT2D eigenvalue weighted by molar-refractivity contribution is 0.440. The van der Waals surface area contributed by atoms with Gasteiger partial charge >= 0.3 is 0 Å². The van der Waals surface area contributed by atoms with Crippen molar-refractivity contribution >= 4 is 16.8 Å². The Morgan fingerprint density at radius 3 is 0.759 bits per heavy atom. The van der Waals surface area contributed by atoms with Crippen molar-refractivity contribution in [3.8, 4) is 23.0 Å². The summed E-state index contributed by atoms with van der Waals surface area (Å²) < 4.78 is 28.9. The van der Waals surface area contributed by atoms with Crippen LogP contribution in [0.15, 0.2) is 48.5 Å². The molecule has 0 aliphatic carbocycles. The Labute approximate surface area is 329 Å². The maximum absolute atomic E-state index is 7.22. The Bertz CT molecular complexity index is 1780. The van der Waals surface area contributed by atoms with Gasteiger partial charge in [-0.15, -0.1) is 0 Å². The zero-order valence-corrected chi connectivity index (χ0v) is 37.8. The minimum atomic E-state index is -1.42. The molecule has 290 valence electrons. The van der Waals surface area contributed by atoms with Gasteiger partial charge in [0.2, 0.25) is 0 Å². The van der Waals surface area contributed by atoms with Crippen LogP contribution in [0.4, 0.5) is 0 Å². The van der Waals surface area contributed by atoms with E-state index in [-0.39, 0.29) is 21.7 Å². The van der Waals surface area contributed by atoms with Crippen LogP contribution >= 0.6 is 16.8 Å². The summed E-state index contributed by atoms with van der Waals surface area (Å²) in [5, 5.41) is 0. The molecule has 0 bridgehead atoms. The normalized spacial score (nSPS) is 15.5. The van der Waals surface area contributed by atoms with Gasteiger partial charge in [-0.25, -0.2) is 0 Å². The smallest absolute Gasteiger partial charge is 0.291 e. The fourth-order valence-corrected chi connectivity index (χ4v) is 11.2. The van der Waals surface area contributed by atoms with Crippen LogP contribution in [-0.2, 0) is 34.5 Å². The number of hydrogen-bond acceptors (Lipinski definition) is 4. The molecule has 0 unspecified atom stereocenters. The molecule has 0 saturated carbocycles. The molecule has 0 aromatic heterocycles. The third kappa shape index (κ3) is 8.66. The van der Waals surface area contributed by atoms with Gasteiger partial charge in [-0.05, 0) is 71.6 Å². The molecule has 0 spiro atoms. The molecule has 0 saturated heterocycles. The molecule has 0 fully saturated rings. The lowest BCUT2D eigenvalue weighted by Gasteiger charge is -2.34. The summed E-state index contributed by atoms with van der Waals surface area (Å²) in [7, 11) is -2.85. The van der Waals surface area contributed by atoms with Gasteiger partial charge < -0.3 is 18.1 Å². The van der Waals surface area contributed by atoms with E-state index in [0.717, 1.165) is 35.8 Å². The fourth-order valence-electron chi connectivity index (χ4n) is 7.78. The van der Waals surface area contributed by atoms with E-state index in [1.54, 1.807) is 0 Å². The van der Waals surface area contributed by atoms with Gasteiger partial charge in [0.25, 0.3) is 16.8 Å². The summed E-state index contributed by atoms with van der Waals surface area (Å²) in [6.45, 7) is 36.1. The molecule has 54 heavy (non-hydrogen) atoms. The molecule has 0 atom stereocenters. The quantitative estimate of drug-likeness (QED) is 0.195. The maximum Gasteiger partial charge on any atom is 0.291 e. The van der Waals surface area contributed by atoms with E-state index in [4.69, 9.17) is 18.1 Å². The van der Waals surface area contributed by atoms with Crippen LogP contribution in [0, 0.1) is 27.7 Å². The molecular formula is C48H64O4P2. The zero-order valence-electron chi connectivity index (χ0n) is 36.0. The van der Waals surface area contributed by atoms with Gasteiger partial charge in [0.1, 0.15) is 23.0 Å². The van der Waals surface area contributed by atoms with E-state index in [1.807, 2.05) is 0 Å². The highest BCUT2D eigenvalue weighted by Crippen LogP contribution is 2.56. The Morgan fingerprint density at radius 2 is 0.574 bits per heavy atom. The van der Waals surface area contributed by atoms with E-state index in [0.29, 0.717) is 12.3 Å². The van der Waals surface area contributed by atoms with Crippen LogP contribution in [0.25, 0.3) is 0 Å². The molecule has 6 rings (SSSR count). The summed E-state index contributed by atoms with van der Waals surface area (Å²) >= 11 is 0. The molecule has 2 aliphatic rings. The predicted octanol–water partition coefficient (Wildman–Crippen LogP) is 14.2. The fraction of sp³-hybridized carbons (Fsp3) is 0.500. The minimum absolute atomic E-state index is 0.103. The summed E-state index contributed by atoms with van der Waals surface area (Å²) in [6, 6.07) is 18.5. The van der Waals surface area contributed by atoms with Gasteiger partial charge in [0.15, 0.2) is 0 Å². The lowest BCUT2D eigenvalue weighted by atomic mass is 9.81. The molecule has 4 nitrogen and oxygen atoms in total. The van der Waals surface area contributed by atoms with E-state index in [1.165, 1.54) is 66.8 Å². The van der Waals surface area contributed by atoms with Crippen LogP contribution < -0.4 is 18.1 Å². The number of rotatable bonds is 3. The topological polar surface area (TPSA) is 36.9 Å². The van der Waals surface area contributed by atoms with Crippen LogP contribution in [0.2, 0.25) is 0 Å². The van der Waals surface area contributed by atoms with Gasteiger partial charge in [-0.2, -0.15) is 0 Å². The first-order valence-corrected chi connectivity index (χ1v) is 22.4. The van der Waals surface area contributed by atoms with Crippen molar-refractivity contribution in [1.82, 2.24) is 0 Å². The average Bonchev–Trinajstić information content (AvgIpc) is 2.99. The number of aryl methyl sites for hydroxylation is 4. The zero-order chi connectivity index (χ0) is 39.7. The Morgan fingerprint density at radius 1 is 0.370 bits per heavy atom. The third-order valence-corrected chi connectivity index (χ3v) is 13.5. The number of benzene rings is 4. The van der Waals surface area contributed by atoms with Crippen molar-refractivity contribution in [3.05, 3.63) is 115 Å². The maximum atomic E-state index is 7.22. The highest BCUT2D eigenvalue weighted by atomic mass is 31.2. The summed E-state index contributed by atoms with van der Waals surface area (Å²) in [5.74, 6) is 3.90. The second-order valence-electron chi connectivity index (χ2n) is 20.0. The first kappa shape index (κ1) is 40.6. The van der Waals surface area contributed by atoms with Crippen molar-refractivity contribution in [2.45, 2.75) is 145 Å². The lowest BCUT2D eigenvalue weighted by Crippen LogP contribution is -2.21. The molecule has 4 aromatic carbocycles. The van der Waals surface area contributed by atoms with E-state index >= 15 is 0 Å². The van der Waals surface area contributed by atoms with Gasteiger partial charge in [-0.1, -0.05) is 154 Å². The molecule has 6 heteroatoms. The van der Waals surface area contributed by atoms with Crippen molar-refractivity contribution in [2.24, 2.45) is 0 Å². The van der Waals surface area contributed by atoms with Crippen LogP contribution in [0.5, 0.6) is 23.0 Å². The first-order chi connectivity index (χ1) is 24.9. The average molecular weight is 767 g/mol. The molecule has 0 N–H and O–H groups in total. The predicted molar refractivity (Wildman–Crippen MR) is 231 cm³/mol. The SMILES string of the molecule is Cc1cc2c(c(C(C)(C)C)c1)OP(CCP1Oc3c(cc(C)cc3C(C)(C)C)Cc3cc(C)cc(C(C)(C)C)c3O1)Oc1c(cc(C)cc1C(C)(C)C)C2. The summed E-state index contributed by atoms with van der Waals surface area (Å²) in [6.07, 6.45) is 2.85. The number of fused-ring (bicyclic) bond motifs is 4. The van der Waals surface area contributed by atoms with Gasteiger partial charge in [0, 0.05) is 35.1 Å². The first-order valence-electron chi connectivity index (χ1n) is 19.7. The van der Waals surface area contributed by atoms with Crippen molar-refractivity contribution < 1.29 is 18.1 Å². The van der Waals surface area contributed by atoms with Gasteiger partial charge in [-0.3, -0.25) is 0 Å². The van der Waals surface area contributed by atoms with Crippen molar-refractivity contribution in [2.75, 3.05) is 12.3 Å².